The lowest BCUT2D eigenvalue weighted by molar-refractivity contribution is 1.32. The highest BCUT2D eigenvalue weighted by Crippen LogP contribution is 2.30. The zero-order valence-electron chi connectivity index (χ0n) is 10.7. The highest BCUT2D eigenvalue weighted by atomic mass is 28.3. The largest absolute Gasteiger partial charge is 0.369 e. The van der Waals surface area contributed by atoms with Crippen molar-refractivity contribution in [3.05, 3.63) is 60.7 Å². The lowest BCUT2D eigenvalue weighted by atomic mass is 10.3. The Bertz CT molecular complexity index is 420. The maximum Gasteiger partial charge on any atom is 0.153 e. The maximum absolute atomic E-state index is 2.49. The fraction of sp³-hybridized carbons (Fsp3) is 0.200. The Kier molecular flexibility index (Phi) is 3.34. The van der Waals surface area contributed by atoms with Gasteiger partial charge in [-0.1, -0.05) is 56.0 Å². The second kappa shape index (κ2) is 4.76. The Hall–Kier alpha value is -1.54. The molecule has 0 atom stereocenters. The first-order valence-electron chi connectivity index (χ1n) is 5.99. The van der Waals surface area contributed by atoms with E-state index in [2.05, 4.69) is 84.9 Å². The van der Waals surface area contributed by atoms with Gasteiger partial charge in [0.25, 0.3) is 0 Å². The molecule has 0 N–H and O–H groups in total. The molecule has 17 heavy (non-hydrogen) atoms. The highest BCUT2D eigenvalue weighted by Gasteiger charge is 2.25. The van der Waals surface area contributed by atoms with Crippen LogP contribution in [-0.2, 0) is 0 Å². The van der Waals surface area contributed by atoms with Crippen LogP contribution in [0.15, 0.2) is 60.7 Å². The van der Waals surface area contributed by atoms with E-state index < -0.39 is 8.24 Å². The molecule has 2 aromatic rings. The second-order valence-corrected chi connectivity index (χ2v) is 9.97. The molecule has 2 heteroatoms. The summed E-state index contributed by atoms with van der Waals surface area (Å²) in [6.45, 7) is 7.10. The fourth-order valence-corrected chi connectivity index (χ4v) is 3.93. The number of hydrogen-bond acceptors (Lipinski definition) is 1. The number of benzene rings is 2. The first kappa shape index (κ1) is 11.9. The number of nitrogens with zero attached hydrogens (tertiary/aromatic N) is 1. The molecule has 0 saturated carbocycles. The molecule has 0 aromatic heterocycles. The van der Waals surface area contributed by atoms with Crippen molar-refractivity contribution < 1.29 is 0 Å². The molecule has 0 heterocycles. The van der Waals surface area contributed by atoms with E-state index >= 15 is 0 Å². The van der Waals surface area contributed by atoms with Gasteiger partial charge < -0.3 is 4.57 Å². The molecule has 2 aromatic carbocycles. The lowest BCUT2D eigenvalue weighted by Crippen LogP contribution is -2.42. The normalized spacial score (nSPS) is 11.2. The Morgan fingerprint density at radius 1 is 0.647 bits per heavy atom. The first-order valence-corrected chi connectivity index (χ1v) is 9.44. The number of hydrogen-bond donors (Lipinski definition) is 0. The summed E-state index contributed by atoms with van der Waals surface area (Å²) in [6, 6.07) is 21.3. The van der Waals surface area contributed by atoms with E-state index in [4.69, 9.17) is 0 Å². The molecular formula is C15H19NSi. The van der Waals surface area contributed by atoms with E-state index in [0.29, 0.717) is 0 Å². The SMILES string of the molecule is C[Si](C)(C)N(c1ccccc1)c1ccccc1. The highest BCUT2D eigenvalue weighted by molar-refractivity contribution is 6.81. The smallest absolute Gasteiger partial charge is 0.153 e. The molecular weight excluding hydrogens is 222 g/mol. The van der Waals surface area contributed by atoms with Gasteiger partial charge in [-0.05, 0) is 24.3 Å². The van der Waals surface area contributed by atoms with Gasteiger partial charge in [-0.3, -0.25) is 0 Å². The summed E-state index contributed by atoms with van der Waals surface area (Å²) in [6.07, 6.45) is 0. The molecule has 0 aliphatic rings. The van der Waals surface area contributed by atoms with Gasteiger partial charge in [-0.15, -0.1) is 0 Å². The van der Waals surface area contributed by atoms with Crippen LogP contribution >= 0.6 is 0 Å². The molecule has 0 unspecified atom stereocenters. The van der Waals surface area contributed by atoms with Crippen LogP contribution in [0.3, 0.4) is 0 Å². The standard InChI is InChI=1S/C15H19NSi/c1-17(2,3)16(14-10-6-4-7-11-14)15-12-8-5-9-13-15/h4-13H,1-3H3. The predicted octanol–water partition coefficient (Wildman–Crippen LogP) is 4.66. The van der Waals surface area contributed by atoms with Crippen LogP contribution < -0.4 is 4.57 Å². The van der Waals surface area contributed by atoms with Crippen molar-refractivity contribution in [2.45, 2.75) is 19.6 Å². The lowest BCUT2D eigenvalue weighted by Gasteiger charge is -2.36. The van der Waals surface area contributed by atoms with E-state index in [1.807, 2.05) is 0 Å². The molecule has 88 valence electrons. The maximum atomic E-state index is 2.49. The Morgan fingerprint density at radius 2 is 1.00 bits per heavy atom. The average Bonchev–Trinajstić information content (AvgIpc) is 2.30. The van der Waals surface area contributed by atoms with Gasteiger partial charge in [0.05, 0.1) is 0 Å². The van der Waals surface area contributed by atoms with Crippen molar-refractivity contribution >= 4 is 19.6 Å². The molecule has 0 radical (unpaired) electrons. The molecule has 0 spiro atoms. The molecule has 0 fully saturated rings. The first-order chi connectivity index (χ1) is 8.09. The Labute approximate surface area is 105 Å². The third kappa shape index (κ3) is 2.77. The minimum atomic E-state index is -1.43. The van der Waals surface area contributed by atoms with Crippen molar-refractivity contribution in [3.63, 3.8) is 0 Å². The number of para-hydroxylation sites is 2. The Balaban J connectivity index is 2.48. The summed E-state index contributed by atoms with van der Waals surface area (Å²) in [5.74, 6) is 0. The van der Waals surface area contributed by atoms with Crippen molar-refractivity contribution in [2.24, 2.45) is 0 Å². The summed E-state index contributed by atoms with van der Waals surface area (Å²) in [5.41, 5.74) is 2.58. The van der Waals surface area contributed by atoms with Gasteiger partial charge in [0.15, 0.2) is 8.24 Å². The molecule has 0 bridgehead atoms. The van der Waals surface area contributed by atoms with Crippen molar-refractivity contribution in [3.8, 4) is 0 Å². The number of rotatable bonds is 3. The van der Waals surface area contributed by atoms with Crippen LogP contribution in [0.4, 0.5) is 11.4 Å². The third-order valence-corrected chi connectivity index (χ3v) is 4.56. The minimum Gasteiger partial charge on any atom is -0.369 e. The minimum absolute atomic E-state index is 1.29. The van der Waals surface area contributed by atoms with E-state index in [1.165, 1.54) is 11.4 Å². The van der Waals surface area contributed by atoms with Gasteiger partial charge in [0, 0.05) is 11.4 Å². The summed E-state index contributed by atoms with van der Waals surface area (Å²) in [5, 5.41) is 0. The van der Waals surface area contributed by atoms with Crippen LogP contribution in [0.25, 0.3) is 0 Å². The van der Waals surface area contributed by atoms with E-state index in [-0.39, 0.29) is 0 Å². The second-order valence-electron chi connectivity index (χ2n) is 5.18. The average molecular weight is 241 g/mol. The van der Waals surface area contributed by atoms with Crippen LogP contribution in [0.5, 0.6) is 0 Å². The van der Waals surface area contributed by atoms with Gasteiger partial charge in [0.2, 0.25) is 0 Å². The molecule has 1 nitrogen and oxygen atoms in total. The van der Waals surface area contributed by atoms with E-state index in [9.17, 15) is 0 Å². The number of anilines is 2. The molecule has 0 amide bonds. The summed E-state index contributed by atoms with van der Waals surface area (Å²) < 4.78 is 2.49. The third-order valence-electron chi connectivity index (χ3n) is 2.70. The molecule has 0 aliphatic heterocycles. The molecule has 0 aliphatic carbocycles. The zero-order chi connectivity index (χ0) is 12.3. The van der Waals surface area contributed by atoms with Gasteiger partial charge >= 0.3 is 0 Å². The van der Waals surface area contributed by atoms with Gasteiger partial charge in [-0.25, -0.2) is 0 Å². The van der Waals surface area contributed by atoms with E-state index in [0.717, 1.165) is 0 Å². The van der Waals surface area contributed by atoms with Crippen LogP contribution in [0, 0.1) is 0 Å². The molecule has 0 saturated heterocycles. The summed E-state index contributed by atoms with van der Waals surface area (Å²) >= 11 is 0. The Morgan fingerprint density at radius 3 is 1.29 bits per heavy atom. The van der Waals surface area contributed by atoms with E-state index in [1.54, 1.807) is 0 Å². The van der Waals surface area contributed by atoms with Crippen LogP contribution in [0.1, 0.15) is 0 Å². The topological polar surface area (TPSA) is 3.24 Å². The fourth-order valence-electron chi connectivity index (χ4n) is 2.08. The van der Waals surface area contributed by atoms with Crippen LogP contribution in [-0.4, -0.2) is 8.24 Å². The van der Waals surface area contributed by atoms with Crippen molar-refractivity contribution in [1.29, 1.82) is 0 Å². The zero-order valence-corrected chi connectivity index (χ0v) is 11.7. The summed E-state index contributed by atoms with van der Waals surface area (Å²) in [7, 11) is -1.43. The van der Waals surface area contributed by atoms with Crippen molar-refractivity contribution in [1.82, 2.24) is 0 Å². The van der Waals surface area contributed by atoms with Crippen molar-refractivity contribution in [2.75, 3.05) is 4.57 Å². The summed E-state index contributed by atoms with van der Waals surface area (Å²) in [4.78, 5) is 0. The molecule has 2 rings (SSSR count). The predicted molar refractivity (Wildman–Crippen MR) is 78.4 cm³/mol. The van der Waals surface area contributed by atoms with Crippen LogP contribution in [0.2, 0.25) is 19.6 Å². The van der Waals surface area contributed by atoms with Gasteiger partial charge in [0.1, 0.15) is 0 Å². The quantitative estimate of drug-likeness (QED) is 0.706. The monoisotopic (exact) mass is 241 g/mol. The van der Waals surface area contributed by atoms with Gasteiger partial charge in [-0.2, -0.15) is 0 Å².